The lowest BCUT2D eigenvalue weighted by atomic mass is 9.96. The van der Waals surface area contributed by atoms with Crippen LogP contribution in [0.4, 0.5) is 0 Å². The monoisotopic (exact) mass is 365 g/mol. The molecule has 2 aliphatic rings. The van der Waals surface area contributed by atoms with Crippen molar-refractivity contribution in [2.75, 3.05) is 7.11 Å². The second kappa shape index (κ2) is 7.39. The lowest BCUT2D eigenvalue weighted by molar-refractivity contribution is 0.0549. The quantitative estimate of drug-likeness (QED) is 0.904. The third-order valence-corrected chi connectivity index (χ3v) is 5.58. The van der Waals surface area contributed by atoms with Crippen molar-refractivity contribution in [3.8, 4) is 5.75 Å². The first-order valence-electron chi connectivity index (χ1n) is 9.33. The van der Waals surface area contributed by atoms with Gasteiger partial charge in [-0.2, -0.15) is 0 Å². The Morgan fingerprint density at radius 2 is 1.63 bits per heavy atom. The molecule has 0 radical (unpaired) electrons. The van der Waals surface area contributed by atoms with Gasteiger partial charge in [-0.1, -0.05) is 0 Å². The van der Waals surface area contributed by atoms with Crippen LogP contribution in [0.2, 0.25) is 0 Å². The fraction of sp³-hybridized carbons (Fsp3) is 0.381. The van der Waals surface area contributed by atoms with Gasteiger partial charge in [-0.15, -0.1) is 0 Å². The summed E-state index contributed by atoms with van der Waals surface area (Å²) in [6.07, 6.45) is 6.83. The summed E-state index contributed by atoms with van der Waals surface area (Å²) in [6, 6.07) is 11.2. The lowest BCUT2D eigenvalue weighted by Crippen LogP contribution is -2.52. The molecule has 27 heavy (non-hydrogen) atoms. The first-order valence-corrected chi connectivity index (χ1v) is 9.33. The maximum Gasteiger partial charge on any atom is 0.254 e. The predicted molar refractivity (Wildman–Crippen MR) is 101 cm³/mol. The zero-order valence-electron chi connectivity index (χ0n) is 15.3. The van der Waals surface area contributed by atoms with Crippen LogP contribution in [-0.4, -0.2) is 46.9 Å². The van der Waals surface area contributed by atoms with Gasteiger partial charge in [0.2, 0.25) is 0 Å². The highest BCUT2D eigenvalue weighted by Gasteiger charge is 2.43. The Labute approximate surface area is 158 Å². The lowest BCUT2D eigenvalue weighted by Gasteiger charge is -2.39. The van der Waals surface area contributed by atoms with E-state index in [-0.39, 0.29) is 29.9 Å². The molecule has 3 heterocycles. The van der Waals surface area contributed by atoms with E-state index >= 15 is 0 Å². The molecule has 2 aliphatic heterocycles. The van der Waals surface area contributed by atoms with Crippen molar-refractivity contribution in [2.24, 2.45) is 0 Å². The van der Waals surface area contributed by atoms with Gasteiger partial charge in [-0.3, -0.25) is 14.6 Å². The molecule has 3 atom stereocenters. The van der Waals surface area contributed by atoms with Gasteiger partial charge in [0.25, 0.3) is 11.8 Å². The number of carbonyl (C=O) groups is 2. The van der Waals surface area contributed by atoms with E-state index in [9.17, 15) is 9.59 Å². The molecule has 2 bridgehead atoms. The number of methoxy groups -OCH3 is 1. The number of nitrogens with zero attached hydrogens (tertiary/aromatic N) is 2. The van der Waals surface area contributed by atoms with Gasteiger partial charge in [-0.05, 0) is 62.1 Å². The molecule has 1 aromatic heterocycles. The summed E-state index contributed by atoms with van der Waals surface area (Å²) in [5.74, 6) is 0.743. The Balaban J connectivity index is 1.42. The van der Waals surface area contributed by atoms with Crippen LogP contribution in [0.25, 0.3) is 0 Å². The first kappa shape index (κ1) is 17.5. The maximum absolute atomic E-state index is 13.0. The van der Waals surface area contributed by atoms with Crippen molar-refractivity contribution in [3.05, 3.63) is 59.9 Å². The van der Waals surface area contributed by atoms with Gasteiger partial charge >= 0.3 is 0 Å². The van der Waals surface area contributed by atoms with Crippen molar-refractivity contribution in [2.45, 2.75) is 43.8 Å². The molecule has 6 nitrogen and oxygen atoms in total. The number of pyridine rings is 1. The molecule has 6 heteroatoms. The summed E-state index contributed by atoms with van der Waals surface area (Å²) >= 11 is 0. The minimum Gasteiger partial charge on any atom is -0.497 e. The number of rotatable bonds is 4. The Morgan fingerprint density at radius 1 is 1.00 bits per heavy atom. The second-order valence-corrected chi connectivity index (χ2v) is 7.20. The molecule has 2 fully saturated rings. The van der Waals surface area contributed by atoms with Crippen LogP contribution in [0.3, 0.4) is 0 Å². The number of ether oxygens (including phenoxy) is 1. The van der Waals surface area contributed by atoms with Crippen LogP contribution < -0.4 is 10.1 Å². The average Bonchev–Trinajstić information content (AvgIpc) is 2.98. The van der Waals surface area contributed by atoms with Gasteiger partial charge in [0.05, 0.1) is 7.11 Å². The molecule has 0 spiro atoms. The van der Waals surface area contributed by atoms with Crippen LogP contribution >= 0.6 is 0 Å². The first-order chi connectivity index (χ1) is 13.2. The molecule has 2 amide bonds. The van der Waals surface area contributed by atoms with E-state index in [2.05, 4.69) is 10.3 Å². The highest BCUT2D eigenvalue weighted by atomic mass is 16.5. The number of fused-ring (bicyclic) bond motifs is 2. The molecular weight excluding hydrogens is 342 g/mol. The van der Waals surface area contributed by atoms with Crippen LogP contribution in [0.5, 0.6) is 5.75 Å². The summed E-state index contributed by atoms with van der Waals surface area (Å²) < 4.78 is 5.17. The van der Waals surface area contributed by atoms with E-state index in [1.807, 2.05) is 29.2 Å². The van der Waals surface area contributed by atoms with E-state index in [4.69, 9.17) is 4.74 Å². The van der Waals surface area contributed by atoms with Crippen LogP contribution in [-0.2, 0) is 0 Å². The summed E-state index contributed by atoms with van der Waals surface area (Å²) in [5, 5.41) is 3.13. The Hall–Kier alpha value is -2.89. The van der Waals surface area contributed by atoms with Crippen molar-refractivity contribution in [3.63, 3.8) is 0 Å². The van der Waals surface area contributed by atoms with E-state index < -0.39 is 0 Å². The fourth-order valence-electron chi connectivity index (χ4n) is 4.28. The molecule has 0 aliphatic carbocycles. The molecule has 1 N–H and O–H groups in total. The van der Waals surface area contributed by atoms with Gasteiger partial charge in [0.15, 0.2) is 0 Å². The van der Waals surface area contributed by atoms with Gasteiger partial charge in [0, 0.05) is 41.6 Å². The van der Waals surface area contributed by atoms with E-state index in [1.54, 1.807) is 31.6 Å². The van der Waals surface area contributed by atoms with Crippen molar-refractivity contribution in [1.82, 2.24) is 15.2 Å². The molecule has 1 unspecified atom stereocenters. The zero-order valence-corrected chi connectivity index (χ0v) is 15.3. The zero-order chi connectivity index (χ0) is 18.8. The summed E-state index contributed by atoms with van der Waals surface area (Å²) in [5.41, 5.74) is 1.31. The molecule has 2 aromatic rings. The van der Waals surface area contributed by atoms with Gasteiger partial charge in [0.1, 0.15) is 5.75 Å². The highest BCUT2D eigenvalue weighted by molar-refractivity contribution is 5.95. The third kappa shape index (κ3) is 3.52. The minimum absolute atomic E-state index is 0.0725. The van der Waals surface area contributed by atoms with Gasteiger partial charge < -0.3 is 15.0 Å². The van der Waals surface area contributed by atoms with Crippen LogP contribution in [0.1, 0.15) is 46.4 Å². The molecular formula is C21H23N3O3. The van der Waals surface area contributed by atoms with Gasteiger partial charge in [-0.25, -0.2) is 0 Å². The fourth-order valence-corrected chi connectivity index (χ4v) is 4.28. The number of piperidine rings is 1. The van der Waals surface area contributed by atoms with E-state index in [0.717, 1.165) is 31.4 Å². The highest BCUT2D eigenvalue weighted by Crippen LogP contribution is 2.37. The number of amides is 2. The largest absolute Gasteiger partial charge is 0.497 e. The Bertz CT molecular complexity index is 808. The smallest absolute Gasteiger partial charge is 0.254 e. The van der Waals surface area contributed by atoms with Crippen LogP contribution in [0.15, 0.2) is 48.8 Å². The van der Waals surface area contributed by atoms with E-state index in [0.29, 0.717) is 11.1 Å². The number of nitrogens with one attached hydrogen (secondary N) is 1. The molecule has 4 rings (SSSR count). The summed E-state index contributed by atoms with van der Waals surface area (Å²) in [7, 11) is 1.61. The van der Waals surface area contributed by atoms with Crippen molar-refractivity contribution >= 4 is 11.8 Å². The molecule has 140 valence electrons. The number of aromatic nitrogens is 1. The average molecular weight is 365 g/mol. The molecule has 2 saturated heterocycles. The third-order valence-electron chi connectivity index (χ3n) is 5.58. The normalized spacial score (nSPS) is 23.7. The summed E-state index contributed by atoms with van der Waals surface area (Å²) in [6.45, 7) is 0. The second-order valence-electron chi connectivity index (χ2n) is 7.20. The topological polar surface area (TPSA) is 71.5 Å². The van der Waals surface area contributed by atoms with Crippen LogP contribution in [0, 0.1) is 0 Å². The van der Waals surface area contributed by atoms with Crippen molar-refractivity contribution in [1.29, 1.82) is 0 Å². The number of carbonyl (C=O) groups excluding carboxylic acids is 2. The Morgan fingerprint density at radius 3 is 2.22 bits per heavy atom. The maximum atomic E-state index is 13.0. The minimum atomic E-state index is -0.0725. The summed E-state index contributed by atoms with van der Waals surface area (Å²) in [4.78, 5) is 31.4. The number of hydrogen-bond donors (Lipinski definition) is 1. The SMILES string of the molecule is COc1ccc(C(=O)N2[C@@H]3CC[C@H]2CC(NC(=O)c2ccncc2)C3)cc1. The van der Waals surface area contributed by atoms with E-state index in [1.165, 1.54) is 0 Å². The number of benzene rings is 1. The standard InChI is InChI=1S/C21H23N3O3/c1-27-19-6-2-15(3-7-19)21(26)24-17-4-5-18(24)13-16(12-17)23-20(25)14-8-10-22-11-9-14/h2-3,6-11,16-18H,4-5,12-13H2,1H3,(H,23,25)/t16?,17-,18+. The molecule has 0 saturated carbocycles. The van der Waals surface area contributed by atoms with Crippen molar-refractivity contribution < 1.29 is 14.3 Å². The Kier molecular flexibility index (Phi) is 4.79. The predicted octanol–water partition coefficient (Wildman–Crippen LogP) is 2.66. The molecule has 1 aromatic carbocycles. The number of hydrogen-bond acceptors (Lipinski definition) is 4.